The topological polar surface area (TPSA) is 62.7 Å². The van der Waals surface area contributed by atoms with Gasteiger partial charge in [-0.15, -0.1) is 0 Å². The molecule has 2 amide bonds. The number of benzene rings is 1. The summed E-state index contributed by atoms with van der Waals surface area (Å²) in [7, 11) is 0. The normalized spacial score (nSPS) is 21.7. The van der Waals surface area contributed by atoms with E-state index < -0.39 is 5.54 Å². The van der Waals surface area contributed by atoms with Gasteiger partial charge in [0.25, 0.3) is 0 Å². The SMILES string of the molecule is O=C(CCc1cccnc1)N1CCN2C(=O)OCC2(Cc2ccccc2)C1. The predicted molar refractivity (Wildman–Crippen MR) is 100 cm³/mol. The van der Waals surface area contributed by atoms with Gasteiger partial charge in [-0.1, -0.05) is 36.4 Å². The van der Waals surface area contributed by atoms with Crippen LogP contribution < -0.4 is 0 Å². The van der Waals surface area contributed by atoms with E-state index in [-0.39, 0.29) is 12.0 Å². The van der Waals surface area contributed by atoms with E-state index in [2.05, 4.69) is 17.1 Å². The molecule has 0 aliphatic carbocycles. The number of carbonyl (C=O) groups is 2. The van der Waals surface area contributed by atoms with Crippen molar-refractivity contribution in [3.63, 3.8) is 0 Å². The number of nitrogens with zero attached hydrogens (tertiary/aromatic N) is 3. The van der Waals surface area contributed by atoms with Crippen molar-refractivity contribution in [3.05, 3.63) is 66.0 Å². The molecule has 0 bridgehead atoms. The predicted octanol–water partition coefficient (Wildman–Crippen LogP) is 2.29. The molecule has 1 atom stereocenters. The van der Waals surface area contributed by atoms with E-state index in [0.717, 1.165) is 11.1 Å². The highest BCUT2D eigenvalue weighted by Gasteiger charge is 2.51. The maximum absolute atomic E-state index is 12.8. The Hall–Kier alpha value is -2.89. The summed E-state index contributed by atoms with van der Waals surface area (Å²) in [4.78, 5) is 32.8. The Morgan fingerprint density at radius 1 is 1.11 bits per heavy atom. The van der Waals surface area contributed by atoms with Crippen molar-refractivity contribution in [2.45, 2.75) is 24.8 Å². The zero-order valence-corrected chi connectivity index (χ0v) is 15.2. The summed E-state index contributed by atoms with van der Waals surface area (Å²) in [5.41, 5.74) is 1.73. The van der Waals surface area contributed by atoms with Crippen LogP contribution in [0.4, 0.5) is 4.79 Å². The van der Waals surface area contributed by atoms with E-state index >= 15 is 0 Å². The first-order valence-electron chi connectivity index (χ1n) is 9.31. The van der Waals surface area contributed by atoms with Crippen LogP contribution in [0.15, 0.2) is 54.9 Å². The number of piperazine rings is 1. The van der Waals surface area contributed by atoms with E-state index in [4.69, 9.17) is 4.74 Å². The molecule has 0 radical (unpaired) electrons. The van der Waals surface area contributed by atoms with E-state index in [1.165, 1.54) is 0 Å². The molecule has 27 heavy (non-hydrogen) atoms. The monoisotopic (exact) mass is 365 g/mol. The minimum atomic E-state index is -0.472. The Bertz CT molecular complexity index is 812. The second-order valence-corrected chi connectivity index (χ2v) is 7.27. The van der Waals surface area contributed by atoms with Gasteiger partial charge in [-0.3, -0.25) is 14.7 Å². The van der Waals surface area contributed by atoms with E-state index in [0.29, 0.717) is 45.5 Å². The standard InChI is InChI=1S/C21H23N3O3/c25-19(9-8-18-7-4-10-22-14-18)23-11-12-24-20(26)27-16-21(24,15-23)13-17-5-2-1-3-6-17/h1-7,10,14H,8-9,11-13,15-16H2. The largest absolute Gasteiger partial charge is 0.447 e. The maximum atomic E-state index is 12.8. The fourth-order valence-electron chi connectivity index (χ4n) is 4.01. The van der Waals surface area contributed by atoms with Crippen molar-refractivity contribution >= 4 is 12.0 Å². The Balaban J connectivity index is 1.46. The van der Waals surface area contributed by atoms with Crippen molar-refractivity contribution in [2.75, 3.05) is 26.2 Å². The fourth-order valence-corrected chi connectivity index (χ4v) is 4.01. The van der Waals surface area contributed by atoms with E-state index in [1.807, 2.05) is 40.1 Å². The molecule has 1 aromatic heterocycles. The number of ether oxygens (including phenoxy) is 1. The first kappa shape index (κ1) is 17.5. The van der Waals surface area contributed by atoms with Gasteiger partial charge in [-0.25, -0.2) is 4.79 Å². The number of rotatable bonds is 5. The summed E-state index contributed by atoms with van der Waals surface area (Å²) in [6, 6.07) is 13.9. The summed E-state index contributed by atoms with van der Waals surface area (Å²) in [6.45, 7) is 1.91. The summed E-state index contributed by atoms with van der Waals surface area (Å²) in [6.07, 6.45) is 5.07. The van der Waals surface area contributed by atoms with Gasteiger partial charge < -0.3 is 9.64 Å². The van der Waals surface area contributed by atoms with E-state index in [9.17, 15) is 9.59 Å². The molecule has 2 saturated heterocycles. The summed E-state index contributed by atoms with van der Waals surface area (Å²) in [5.74, 6) is 0.116. The molecule has 1 aromatic carbocycles. The summed E-state index contributed by atoms with van der Waals surface area (Å²) in [5, 5.41) is 0. The molecule has 0 spiro atoms. The second kappa shape index (κ2) is 7.39. The van der Waals surface area contributed by atoms with Crippen LogP contribution in [0.25, 0.3) is 0 Å². The van der Waals surface area contributed by atoms with Crippen molar-refractivity contribution < 1.29 is 14.3 Å². The van der Waals surface area contributed by atoms with Crippen LogP contribution >= 0.6 is 0 Å². The van der Waals surface area contributed by atoms with Crippen molar-refractivity contribution in [1.82, 2.24) is 14.8 Å². The van der Waals surface area contributed by atoms with Crippen molar-refractivity contribution in [1.29, 1.82) is 0 Å². The average molecular weight is 365 g/mol. The number of cyclic esters (lactones) is 1. The number of pyridine rings is 1. The Kier molecular flexibility index (Phi) is 4.79. The third kappa shape index (κ3) is 3.65. The van der Waals surface area contributed by atoms with Crippen LogP contribution in [0.3, 0.4) is 0 Å². The van der Waals surface area contributed by atoms with Crippen LogP contribution in [0, 0.1) is 0 Å². The molecule has 2 aliphatic rings. The molecule has 140 valence electrons. The molecule has 2 aromatic rings. The van der Waals surface area contributed by atoms with Gasteiger partial charge in [0, 0.05) is 44.9 Å². The lowest BCUT2D eigenvalue weighted by Gasteiger charge is -2.44. The highest BCUT2D eigenvalue weighted by Crippen LogP contribution is 2.32. The molecule has 0 N–H and O–H groups in total. The Labute approximate surface area is 158 Å². The third-order valence-electron chi connectivity index (χ3n) is 5.42. The number of fused-ring (bicyclic) bond motifs is 1. The van der Waals surface area contributed by atoms with Gasteiger partial charge in [0.2, 0.25) is 5.91 Å². The van der Waals surface area contributed by atoms with Gasteiger partial charge >= 0.3 is 6.09 Å². The first-order valence-corrected chi connectivity index (χ1v) is 9.31. The molecule has 6 nitrogen and oxygen atoms in total. The van der Waals surface area contributed by atoms with Crippen LogP contribution in [0.2, 0.25) is 0 Å². The molecule has 4 rings (SSSR count). The molecule has 1 unspecified atom stereocenters. The van der Waals surface area contributed by atoms with Gasteiger partial charge in [0.1, 0.15) is 12.1 Å². The van der Waals surface area contributed by atoms with Crippen molar-refractivity contribution in [2.24, 2.45) is 0 Å². The minimum Gasteiger partial charge on any atom is -0.447 e. The van der Waals surface area contributed by atoms with E-state index in [1.54, 1.807) is 12.4 Å². The molecular weight excluding hydrogens is 342 g/mol. The lowest BCUT2D eigenvalue weighted by molar-refractivity contribution is -0.135. The second-order valence-electron chi connectivity index (χ2n) is 7.27. The third-order valence-corrected chi connectivity index (χ3v) is 5.42. The van der Waals surface area contributed by atoms with Gasteiger partial charge in [0.15, 0.2) is 0 Å². The number of amides is 2. The van der Waals surface area contributed by atoms with Gasteiger partial charge in [-0.2, -0.15) is 0 Å². The van der Waals surface area contributed by atoms with Crippen LogP contribution in [-0.4, -0.2) is 58.6 Å². The summed E-state index contributed by atoms with van der Waals surface area (Å²) < 4.78 is 5.37. The quantitative estimate of drug-likeness (QED) is 0.816. The molecular formula is C21H23N3O3. The van der Waals surface area contributed by atoms with Gasteiger partial charge in [-0.05, 0) is 23.6 Å². The zero-order chi connectivity index (χ0) is 18.7. The Morgan fingerprint density at radius 3 is 2.70 bits per heavy atom. The van der Waals surface area contributed by atoms with Crippen molar-refractivity contribution in [3.8, 4) is 0 Å². The molecule has 3 heterocycles. The zero-order valence-electron chi connectivity index (χ0n) is 15.2. The summed E-state index contributed by atoms with van der Waals surface area (Å²) >= 11 is 0. The average Bonchev–Trinajstić information content (AvgIpc) is 3.03. The highest BCUT2D eigenvalue weighted by molar-refractivity contribution is 5.78. The maximum Gasteiger partial charge on any atom is 0.410 e. The smallest absolute Gasteiger partial charge is 0.410 e. The first-order chi connectivity index (χ1) is 13.2. The minimum absolute atomic E-state index is 0.116. The van der Waals surface area contributed by atoms with Crippen LogP contribution in [-0.2, 0) is 22.4 Å². The lowest BCUT2D eigenvalue weighted by atomic mass is 9.88. The lowest BCUT2D eigenvalue weighted by Crippen LogP contribution is -2.63. The number of carbonyl (C=O) groups excluding carboxylic acids is 2. The number of hydrogen-bond acceptors (Lipinski definition) is 4. The number of aryl methyl sites for hydroxylation is 1. The molecule has 2 aliphatic heterocycles. The molecule has 0 saturated carbocycles. The highest BCUT2D eigenvalue weighted by atomic mass is 16.6. The number of hydrogen-bond donors (Lipinski definition) is 0. The fraction of sp³-hybridized carbons (Fsp3) is 0.381. The Morgan fingerprint density at radius 2 is 1.93 bits per heavy atom. The van der Waals surface area contributed by atoms with Crippen LogP contribution in [0.5, 0.6) is 0 Å². The molecule has 6 heteroatoms. The number of aromatic nitrogens is 1. The molecule has 2 fully saturated rings. The van der Waals surface area contributed by atoms with Gasteiger partial charge in [0.05, 0.1) is 0 Å². The van der Waals surface area contributed by atoms with Crippen LogP contribution in [0.1, 0.15) is 17.5 Å².